The molecule has 1 heterocycles. The first-order valence-corrected chi connectivity index (χ1v) is 7.58. The second-order valence-electron chi connectivity index (χ2n) is 4.98. The molecular weight excluding hydrogens is 269 g/mol. The highest BCUT2D eigenvalue weighted by Crippen LogP contribution is 2.31. The van der Waals surface area contributed by atoms with Crippen LogP contribution in [0.4, 0.5) is 9.57 Å². The molecule has 1 amide bonds. The largest absolute Gasteiger partial charge is 0.332 e. The smallest absolute Gasteiger partial charge is 0.312 e. The molecule has 0 unspecified atom stereocenters. The number of carbonyl (C=O) groups is 1. The van der Waals surface area contributed by atoms with Crippen LogP contribution in [0, 0.1) is 5.92 Å². The maximum absolute atomic E-state index is 13.0. The first-order chi connectivity index (χ1) is 8.80. The van der Waals surface area contributed by atoms with Crippen LogP contribution in [0.2, 0.25) is 0 Å². The quantitative estimate of drug-likeness (QED) is 0.783. The van der Waals surface area contributed by atoms with Gasteiger partial charge < -0.3 is 4.90 Å². The maximum atomic E-state index is 13.0. The number of carbonyl (C=O) groups excluding carboxylic acids is 1. The highest BCUT2D eigenvalue weighted by atomic mass is 32.3. The Hall–Kier alpha value is -1.43. The number of fused-ring (bicyclic) bond motifs is 1. The highest BCUT2D eigenvalue weighted by Gasteiger charge is 2.26. The van der Waals surface area contributed by atoms with Gasteiger partial charge in [-0.1, -0.05) is 19.9 Å². The van der Waals surface area contributed by atoms with Gasteiger partial charge in [-0.05, 0) is 30.5 Å². The van der Waals surface area contributed by atoms with E-state index in [2.05, 4.69) is 0 Å². The fourth-order valence-corrected chi connectivity index (χ4v) is 2.73. The minimum atomic E-state index is -4.74. The van der Waals surface area contributed by atoms with E-state index in [1.54, 1.807) is 24.8 Å². The Morgan fingerprint density at radius 2 is 2.05 bits per heavy atom. The fraction of sp³-hybridized carbons (Fsp3) is 0.462. The fourth-order valence-electron chi connectivity index (χ4n) is 2.25. The number of anilines is 1. The van der Waals surface area contributed by atoms with Gasteiger partial charge in [0, 0.05) is 18.2 Å². The van der Waals surface area contributed by atoms with E-state index in [4.69, 9.17) is 0 Å². The number of aryl methyl sites for hydroxylation is 1. The third kappa shape index (κ3) is 2.78. The Kier molecular flexibility index (Phi) is 3.62. The van der Waals surface area contributed by atoms with E-state index in [0.29, 0.717) is 12.2 Å². The lowest BCUT2D eigenvalue weighted by atomic mass is 10.0. The maximum Gasteiger partial charge on any atom is 0.332 e. The molecule has 0 saturated carbocycles. The molecule has 1 aliphatic rings. The summed E-state index contributed by atoms with van der Waals surface area (Å²) in [7, 11) is -4.74. The zero-order valence-electron chi connectivity index (χ0n) is 10.9. The minimum absolute atomic E-state index is 0.0747. The van der Waals surface area contributed by atoms with Gasteiger partial charge in [0.1, 0.15) is 4.90 Å². The molecule has 0 bridgehead atoms. The number of rotatable bonds is 2. The summed E-state index contributed by atoms with van der Waals surface area (Å²) in [6.07, 6.45) is 1.59. The Morgan fingerprint density at radius 1 is 1.37 bits per heavy atom. The number of nitrogens with zero attached hydrogens (tertiary/aromatic N) is 1. The van der Waals surface area contributed by atoms with Crippen molar-refractivity contribution in [3.05, 3.63) is 23.8 Å². The summed E-state index contributed by atoms with van der Waals surface area (Å²) in [6.45, 7) is 4.11. The monoisotopic (exact) mass is 285 g/mol. The van der Waals surface area contributed by atoms with Crippen molar-refractivity contribution in [3.63, 3.8) is 0 Å². The molecular formula is C13H16FNO3S. The van der Waals surface area contributed by atoms with Gasteiger partial charge in [0.05, 0.1) is 0 Å². The van der Waals surface area contributed by atoms with Gasteiger partial charge in [-0.2, -0.15) is 8.42 Å². The third-order valence-electron chi connectivity index (χ3n) is 3.22. The van der Waals surface area contributed by atoms with Crippen molar-refractivity contribution in [2.24, 2.45) is 5.92 Å². The van der Waals surface area contributed by atoms with Crippen molar-refractivity contribution in [2.75, 3.05) is 11.4 Å². The molecule has 1 aromatic rings. The lowest BCUT2D eigenvalue weighted by Crippen LogP contribution is -2.38. The molecule has 2 rings (SSSR count). The van der Waals surface area contributed by atoms with Crippen LogP contribution in [0.5, 0.6) is 0 Å². The molecule has 0 radical (unpaired) electrons. The Bertz CT molecular complexity index is 610. The Labute approximate surface area is 112 Å². The summed E-state index contributed by atoms with van der Waals surface area (Å²) >= 11 is 0. The van der Waals surface area contributed by atoms with Gasteiger partial charge >= 0.3 is 10.2 Å². The summed E-state index contributed by atoms with van der Waals surface area (Å²) in [5.41, 5.74) is 1.40. The van der Waals surface area contributed by atoms with Crippen molar-refractivity contribution >= 4 is 21.8 Å². The average Bonchev–Trinajstić information content (AvgIpc) is 2.35. The number of benzene rings is 1. The number of hydrogen-bond acceptors (Lipinski definition) is 3. The van der Waals surface area contributed by atoms with Crippen molar-refractivity contribution in [1.29, 1.82) is 0 Å². The molecule has 0 aromatic heterocycles. The van der Waals surface area contributed by atoms with E-state index in [0.717, 1.165) is 18.4 Å². The van der Waals surface area contributed by atoms with Gasteiger partial charge in [-0.25, -0.2) is 0 Å². The molecule has 0 aliphatic carbocycles. The van der Waals surface area contributed by atoms with Crippen LogP contribution in [-0.4, -0.2) is 20.9 Å². The van der Waals surface area contributed by atoms with Gasteiger partial charge in [0.25, 0.3) is 0 Å². The van der Waals surface area contributed by atoms with E-state index in [1.807, 2.05) is 0 Å². The van der Waals surface area contributed by atoms with Crippen LogP contribution in [0.3, 0.4) is 0 Å². The molecule has 1 aromatic carbocycles. The minimum Gasteiger partial charge on any atom is -0.312 e. The lowest BCUT2D eigenvalue weighted by Gasteiger charge is -2.31. The first kappa shape index (κ1) is 14.0. The third-order valence-corrected chi connectivity index (χ3v) is 4.03. The zero-order valence-corrected chi connectivity index (χ0v) is 11.7. The van der Waals surface area contributed by atoms with E-state index in [-0.39, 0.29) is 11.8 Å². The van der Waals surface area contributed by atoms with Gasteiger partial charge in [0.15, 0.2) is 0 Å². The zero-order chi connectivity index (χ0) is 14.2. The molecule has 0 saturated heterocycles. The van der Waals surface area contributed by atoms with Crippen LogP contribution < -0.4 is 4.90 Å². The summed E-state index contributed by atoms with van der Waals surface area (Å²) < 4.78 is 35.0. The van der Waals surface area contributed by atoms with Crippen molar-refractivity contribution in [3.8, 4) is 0 Å². The predicted molar refractivity (Wildman–Crippen MR) is 70.2 cm³/mol. The van der Waals surface area contributed by atoms with Gasteiger partial charge in [-0.3, -0.25) is 4.79 Å². The summed E-state index contributed by atoms with van der Waals surface area (Å²) in [5, 5.41) is 0. The summed E-state index contributed by atoms with van der Waals surface area (Å²) in [5.74, 6) is -0.258. The van der Waals surface area contributed by atoms with Crippen LogP contribution >= 0.6 is 0 Å². The van der Waals surface area contributed by atoms with E-state index < -0.39 is 15.1 Å². The molecule has 0 fully saturated rings. The van der Waals surface area contributed by atoms with Crippen molar-refractivity contribution in [1.82, 2.24) is 0 Å². The standard InChI is InChI=1S/C13H16FNO3S/c1-9(2)13(16)15-7-3-4-10-5-6-11(8-12(10)15)19(14,17)18/h5-6,8-9H,3-4,7H2,1-2H3. The highest BCUT2D eigenvalue weighted by molar-refractivity contribution is 7.86. The van der Waals surface area contributed by atoms with Crippen LogP contribution in [0.15, 0.2) is 23.1 Å². The molecule has 6 heteroatoms. The number of hydrogen-bond donors (Lipinski definition) is 0. The number of halogens is 1. The second-order valence-corrected chi connectivity index (χ2v) is 6.32. The number of amides is 1. The molecule has 104 valence electrons. The SMILES string of the molecule is CC(C)C(=O)N1CCCc2ccc(S(=O)(=O)F)cc21. The molecule has 0 N–H and O–H groups in total. The normalized spacial score (nSPS) is 15.5. The topological polar surface area (TPSA) is 54.5 Å². The lowest BCUT2D eigenvalue weighted by molar-refractivity contribution is -0.121. The molecule has 4 nitrogen and oxygen atoms in total. The summed E-state index contributed by atoms with van der Waals surface area (Å²) in [6, 6.07) is 4.09. The molecule has 19 heavy (non-hydrogen) atoms. The van der Waals surface area contributed by atoms with Crippen LogP contribution in [0.1, 0.15) is 25.8 Å². The Balaban J connectivity index is 2.50. The Morgan fingerprint density at radius 3 is 2.63 bits per heavy atom. The van der Waals surface area contributed by atoms with Crippen molar-refractivity contribution in [2.45, 2.75) is 31.6 Å². The van der Waals surface area contributed by atoms with Gasteiger partial charge in [-0.15, -0.1) is 3.89 Å². The van der Waals surface area contributed by atoms with E-state index in [1.165, 1.54) is 12.1 Å². The van der Waals surface area contributed by atoms with Crippen LogP contribution in [0.25, 0.3) is 0 Å². The van der Waals surface area contributed by atoms with Crippen molar-refractivity contribution < 1.29 is 17.1 Å². The molecule has 1 aliphatic heterocycles. The average molecular weight is 285 g/mol. The summed E-state index contributed by atoms with van der Waals surface area (Å²) in [4.78, 5) is 13.3. The van der Waals surface area contributed by atoms with Gasteiger partial charge in [0.2, 0.25) is 5.91 Å². The predicted octanol–water partition coefficient (Wildman–Crippen LogP) is 2.28. The molecule has 0 spiro atoms. The van der Waals surface area contributed by atoms with E-state index in [9.17, 15) is 17.1 Å². The first-order valence-electron chi connectivity index (χ1n) is 6.19. The van der Waals surface area contributed by atoms with Crippen LogP contribution in [-0.2, 0) is 21.4 Å². The molecule has 0 atom stereocenters. The second kappa shape index (κ2) is 4.92. The van der Waals surface area contributed by atoms with E-state index >= 15 is 0 Å².